The Bertz CT molecular complexity index is 947. The lowest BCUT2D eigenvalue weighted by Gasteiger charge is -2.25. The van der Waals surface area contributed by atoms with Crippen molar-refractivity contribution in [2.75, 3.05) is 13.7 Å². The first-order valence-corrected chi connectivity index (χ1v) is 10.9. The first-order valence-electron chi connectivity index (χ1n) is 9.05. The number of hydrogen-bond acceptors (Lipinski definition) is 4. The Morgan fingerprint density at radius 3 is 2.57 bits per heavy atom. The van der Waals surface area contributed by atoms with Crippen molar-refractivity contribution in [1.82, 2.24) is 9.62 Å². The first kappa shape index (κ1) is 20.6. The Morgan fingerprint density at radius 2 is 1.89 bits per heavy atom. The summed E-state index contributed by atoms with van der Waals surface area (Å²) in [5, 5.41) is 3.39. The molecule has 2 atom stereocenters. The number of nitrogens with one attached hydrogen (secondary N) is 1. The van der Waals surface area contributed by atoms with E-state index in [1.165, 1.54) is 28.6 Å². The average Bonchev–Trinajstić information content (AvgIpc) is 3.19. The molecule has 1 fully saturated rings. The second-order valence-electron chi connectivity index (χ2n) is 6.70. The molecular weight excluding hydrogens is 400 g/mol. The van der Waals surface area contributed by atoms with Gasteiger partial charge in [-0.1, -0.05) is 29.8 Å². The summed E-state index contributed by atoms with van der Waals surface area (Å²) in [5.41, 5.74) is 0.837. The summed E-state index contributed by atoms with van der Waals surface area (Å²) in [5.74, 6) is 0.362. The van der Waals surface area contributed by atoms with Crippen LogP contribution in [-0.2, 0) is 14.8 Å². The summed E-state index contributed by atoms with van der Waals surface area (Å²) in [7, 11) is -2.20. The maximum absolute atomic E-state index is 13.0. The van der Waals surface area contributed by atoms with Crippen molar-refractivity contribution < 1.29 is 17.9 Å². The van der Waals surface area contributed by atoms with Crippen LogP contribution in [0.15, 0.2) is 53.4 Å². The zero-order chi connectivity index (χ0) is 20.3. The molecule has 1 heterocycles. The van der Waals surface area contributed by atoms with Crippen LogP contribution in [-0.4, -0.2) is 38.3 Å². The highest BCUT2D eigenvalue weighted by Gasteiger charge is 2.39. The Kier molecular flexibility index (Phi) is 6.27. The van der Waals surface area contributed by atoms with Crippen molar-refractivity contribution >= 4 is 27.5 Å². The van der Waals surface area contributed by atoms with E-state index in [4.69, 9.17) is 16.3 Å². The van der Waals surface area contributed by atoms with E-state index in [1.54, 1.807) is 7.11 Å². The van der Waals surface area contributed by atoms with Gasteiger partial charge < -0.3 is 10.1 Å². The standard InChI is InChI=1S/C20H23ClN2O4S/c1-14(17-6-3-4-8-19(17)27-2)22-20(24)18-7-5-13-23(18)28(25,26)16-11-9-15(21)10-12-16/h3-4,6,8-12,14,18H,5,7,13H2,1-2H3,(H,22,24)/t14-,18+/m1/s1. The molecular formula is C20H23ClN2O4S. The Labute approximate surface area is 170 Å². The lowest BCUT2D eigenvalue weighted by Crippen LogP contribution is -2.46. The summed E-state index contributed by atoms with van der Waals surface area (Å²) in [6.45, 7) is 2.16. The molecule has 0 radical (unpaired) electrons. The maximum atomic E-state index is 13.0. The van der Waals surface area contributed by atoms with Crippen molar-refractivity contribution in [2.24, 2.45) is 0 Å². The van der Waals surface area contributed by atoms with E-state index in [9.17, 15) is 13.2 Å². The van der Waals surface area contributed by atoms with Gasteiger partial charge in [-0.15, -0.1) is 0 Å². The maximum Gasteiger partial charge on any atom is 0.243 e. The van der Waals surface area contributed by atoms with Crippen molar-refractivity contribution in [3.63, 3.8) is 0 Å². The molecule has 2 aromatic rings. The smallest absolute Gasteiger partial charge is 0.243 e. The minimum Gasteiger partial charge on any atom is -0.496 e. The fourth-order valence-corrected chi connectivity index (χ4v) is 5.23. The van der Waals surface area contributed by atoms with Crippen LogP contribution in [0.5, 0.6) is 5.75 Å². The van der Waals surface area contributed by atoms with Crippen molar-refractivity contribution in [2.45, 2.75) is 36.7 Å². The highest BCUT2D eigenvalue weighted by atomic mass is 35.5. The van der Waals surface area contributed by atoms with Gasteiger partial charge in [-0.05, 0) is 50.1 Å². The van der Waals surface area contributed by atoms with Crippen molar-refractivity contribution in [3.8, 4) is 5.75 Å². The number of amides is 1. The van der Waals surface area contributed by atoms with Gasteiger partial charge in [0.25, 0.3) is 0 Å². The van der Waals surface area contributed by atoms with Crippen molar-refractivity contribution in [3.05, 3.63) is 59.1 Å². The second-order valence-corrected chi connectivity index (χ2v) is 9.03. The molecule has 3 rings (SSSR count). The zero-order valence-corrected chi connectivity index (χ0v) is 17.3. The molecule has 1 amide bonds. The number of hydrogen-bond donors (Lipinski definition) is 1. The fraction of sp³-hybridized carbons (Fsp3) is 0.350. The molecule has 1 aliphatic heterocycles. The van der Waals surface area contributed by atoms with Crippen LogP contribution in [0.2, 0.25) is 5.02 Å². The number of sulfonamides is 1. The normalized spacial score (nSPS) is 18.6. The molecule has 150 valence electrons. The van der Waals surface area contributed by atoms with E-state index >= 15 is 0 Å². The van der Waals surface area contributed by atoms with Gasteiger partial charge in [0.1, 0.15) is 11.8 Å². The Morgan fingerprint density at radius 1 is 1.21 bits per heavy atom. The number of halogens is 1. The Balaban J connectivity index is 1.78. The van der Waals surface area contributed by atoms with Crippen LogP contribution in [0.3, 0.4) is 0 Å². The van der Waals surface area contributed by atoms with Crippen molar-refractivity contribution in [1.29, 1.82) is 0 Å². The van der Waals surface area contributed by atoms with E-state index in [2.05, 4.69) is 5.32 Å². The van der Waals surface area contributed by atoms with E-state index in [0.717, 1.165) is 5.56 Å². The molecule has 1 N–H and O–H groups in total. The van der Waals surface area contributed by atoms with E-state index in [-0.39, 0.29) is 16.8 Å². The summed E-state index contributed by atoms with van der Waals surface area (Å²) in [4.78, 5) is 13.0. The summed E-state index contributed by atoms with van der Waals surface area (Å²) < 4.78 is 32.6. The number of rotatable bonds is 6. The third kappa shape index (κ3) is 4.16. The first-order chi connectivity index (χ1) is 13.3. The van der Waals surface area contributed by atoms with E-state index in [1.807, 2.05) is 31.2 Å². The Hall–Kier alpha value is -2.09. The minimum atomic E-state index is -3.77. The third-order valence-electron chi connectivity index (χ3n) is 4.89. The quantitative estimate of drug-likeness (QED) is 0.774. The van der Waals surface area contributed by atoms with Gasteiger partial charge >= 0.3 is 0 Å². The van der Waals surface area contributed by atoms with Crippen LogP contribution >= 0.6 is 11.6 Å². The SMILES string of the molecule is COc1ccccc1[C@@H](C)NC(=O)[C@@H]1CCCN1S(=O)(=O)c1ccc(Cl)cc1. The van der Waals surface area contributed by atoms with E-state index < -0.39 is 16.1 Å². The molecule has 0 aromatic heterocycles. The second kappa shape index (κ2) is 8.51. The predicted molar refractivity (Wildman–Crippen MR) is 108 cm³/mol. The number of para-hydroxylation sites is 1. The molecule has 28 heavy (non-hydrogen) atoms. The molecule has 6 nitrogen and oxygen atoms in total. The number of carbonyl (C=O) groups is 1. The molecule has 1 aliphatic rings. The zero-order valence-electron chi connectivity index (χ0n) is 15.8. The molecule has 0 aliphatic carbocycles. The summed E-state index contributed by atoms with van der Waals surface area (Å²) in [6.07, 6.45) is 1.12. The number of benzene rings is 2. The molecule has 8 heteroatoms. The van der Waals surface area contributed by atoms with Gasteiger partial charge in [0.05, 0.1) is 18.0 Å². The van der Waals surface area contributed by atoms with Gasteiger partial charge in [-0.25, -0.2) is 8.42 Å². The van der Waals surface area contributed by atoms with E-state index in [0.29, 0.717) is 30.2 Å². The van der Waals surface area contributed by atoms with Crippen LogP contribution in [0.1, 0.15) is 31.4 Å². The van der Waals surface area contributed by atoms with Gasteiger partial charge in [0.2, 0.25) is 15.9 Å². The van der Waals surface area contributed by atoms with Gasteiger partial charge in [0, 0.05) is 17.1 Å². The summed E-state index contributed by atoms with van der Waals surface area (Å²) >= 11 is 5.86. The molecule has 1 saturated heterocycles. The number of methoxy groups -OCH3 is 1. The largest absolute Gasteiger partial charge is 0.496 e. The van der Waals surface area contributed by atoms with Gasteiger partial charge in [0.15, 0.2) is 0 Å². The molecule has 0 unspecified atom stereocenters. The third-order valence-corrected chi connectivity index (χ3v) is 7.07. The summed E-state index contributed by atoms with van der Waals surface area (Å²) in [6, 6.07) is 12.4. The van der Waals surface area contributed by atoms with Crippen LogP contribution in [0.25, 0.3) is 0 Å². The lowest BCUT2D eigenvalue weighted by atomic mass is 10.1. The average molecular weight is 423 g/mol. The number of carbonyl (C=O) groups excluding carboxylic acids is 1. The minimum absolute atomic E-state index is 0.134. The van der Waals surface area contributed by atoms with Crippen LogP contribution in [0, 0.1) is 0 Å². The molecule has 0 saturated carbocycles. The number of nitrogens with zero attached hydrogens (tertiary/aromatic N) is 1. The van der Waals surface area contributed by atoms with Crippen LogP contribution < -0.4 is 10.1 Å². The number of ether oxygens (including phenoxy) is 1. The fourth-order valence-electron chi connectivity index (χ4n) is 3.44. The molecule has 0 spiro atoms. The van der Waals surface area contributed by atoms with Gasteiger partial charge in [-0.2, -0.15) is 4.31 Å². The van der Waals surface area contributed by atoms with Crippen LogP contribution in [0.4, 0.5) is 0 Å². The van der Waals surface area contributed by atoms with Gasteiger partial charge in [-0.3, -0.25) is 4.79 Å². The highest BCUT2D eigenvalue weighted by Crippen LogP contribution is 2.29. The predicted octanol–water partition coefficient (Wildman–Crippen LogP) is 3.38. The monoisotopic (exact) mass is 422 g/mol. The highest BCUT2D eigenvalue weighted by molar-refractivity contribution is 7.89. The molecule has 0 bridgehead atoms. The molecule has 2 aromatic carbocycles. The lowest BCUT2D eigenvalue weighted by molar-refractivity contribution is -0.124. The topological polar surface area (TPSA) is 75.7 Å².